The van der Waals surface area contributed by atoms with Crippen molar-refractivity contribution >= 4 is 23.5 Å². The van der Waals surface area contributed by atoms with Crippen molar-refractivity contribution in [2.75, 3.05) is 12.4 Å². The van der Waals surface area contributed by atoms with Crippen molar-refractivity contribution in [2.24, 2.45) is 0 Å². The van der Waals surface area contributed by atoms with Crippen LogP contribution in [0.2, 0.25) is 0 Å². The normalized spacial score (nSPS) is 9.67. The Bertz CT molecular complexity index is 500. The first kappa shape index (κ1) is 13.6. The van der Waals surface area contributed by atoms with Crippen molar-refractivity contribution in [3.8, 4) is 0 Å². The van der Waals surface area contributed by atoms with E-state index in [0.717, 1.165) is 25.3 Å². The summed E-state index contributed by atoms with van der Waals surface area (Å²) in [4.78, 5) is 32.9. The minimum atomic E-state index is -1.33. The monoisotopic (exact) mass is 255 g/mol. The van der Waals surface area contributed by atoms with E-state index in [2.05, 4.69) is 10.1 Å². The Morgan fingerprint density at radius 1 is 1.39 bits per heavy atom. The predicted molar refractivity (Wildman–Crippen MR) is 58.6 cm³/mol. The molecule has 0 aromatic heterocycles. The Morgan fingerprint density at radius 3 is 2.61 bits per heavy atom. The van der Waals surface area contributed by atoms with Gasteiger partial charge in [0.1, 0.15) is 12.2 Å². The second kappa shape index (κ2) is 5.76. The highest BCUT2D eigenvalue weighted by Crippen LogP contribution is 2.18. The molecule has 6 nitrogen and oxygen atoms in total. The van der Waals surface area contributed by atoms with Crippen LogP contribution in [0.1, 0.15) is 16.8 Å². The second-order valence-corrected chi connectivity index (χ2v) is 3.30. The first-order valence-corrected chi connectivity index (χ1v) is 4.83. The third-order valence-corrected chi connectivity index (χ3v) is 1.97. The Labute approximate surface area is 101 Å². The Hall–Kier alpha value is -2.44. The zero-order valence-corrected chi connectivity index (χ0v) is 9.40. The van der Waals surface area contributed by atoms with Gasteiger partial charge in [-0.25, -0.2) is 9.18 Å². The number of benzene rings is 1. The average Bonchev–Trinajstić information content (AvgIpc) is 2.27. The van der Waals surface area contributed by atoms with Crippen LogP contribution in [0.25, 0.3) is 0 Å². The number of hydrogen-bond acceptors (Lipinski definition) is 4. The third-order valence-electron chi connectivity index (χ3n) is 1.97. The van der Waals surface area contributed by atoms with Gasteiger partial charge in [-0.2, -0.15) is 0 Å². The molecule has 1 aromatic rings. The Balaban J connectivity index is 2.99. The lowest BCUT2D eigenvalue weighted by Gasteiger charge is -2.08. The van der Waals surface area contributed by atoms with Gasteiger partial charge in [0.25, 0.3) is 0 Å². The molecule has 1 aromatic carbocycles. The zero-order chi connectivity index (χ0) is 13.7. The van der Waals surface area contributed by atoms with Crippen molar-refractivity contribution in [1.29, 1.82) is 0 Å². The number of rotatable bonds is 4. The van der Waals surface area contributed by atoms with Crippen molar-refractivity contribution < 1.29 is 28.6 Å². The van der Waals surface area contributed by atoms with Gasteiger partial charge in [0.05, 0.1) is 18.4 Å². The van der Waals surface area contributed by atoms with Gasteiger partial charge >= 0.3 is 11.9 Å². The molecule has 0 aliphatic rings. The molecular weight excluding hydrogens is 245 g/mol. The topological polar surface area (TPSA) is 92.7 Å². The first-order chi connectivity index (χ1) is 8.43. The number of nitrogens with one attached hydrogen (secondary N) is 1. The van der Waals surface area contributed by atoms with E-state index in [4.69, 9.17) is 5.11 Å². The number of halogens is 1. The molecule has 0 aliphatic heterocycles. The van der Waals surface area contributed by atoms with Crippen molar-refractivity contribution in [3.63, 3.8) is 0 Å². The number of esters is 1. The SMILES string of the molecule is COC(=O)c1ccc(F)cc1NC(=O)CC(=O)O. The summed E-state index contributed by atoms with van der Waals surface area (Å²) in [6.07, 6.45) is -0.781. The molecule has 0 radical (unpaired) electrons. The smallest absolute Gasteiger partial charge is 0.339 e. The van der Waals surface area contributed by atoms with Gasteiger partial charge in [-0.3, -0.25) is 9.59 Å². The first-order valence-electron chi connectivity index (χ1n) is 4.83. The predicted octanol–water partition coefficient (Wildman–Crippen LogP) is 1.03. The number of hydrogen-bond donors (Lipinski definition) is 2. The lowest BCUT2D eigenvalue weighted by atomic mass is 10.1. The molecule has 18 heavy (non-hydrogen) atoms. The van der Waals surface area contributed by atoms with Gasteiger partial charge in [-0.15, -0.1) is 0 Å². The summed E-state index contributed by atoms with van der Waals surface area (Å²) in [6.45, 7) is 0. The number of carboxylic acid groups (broad SMARTS) is 1. The van der Waals surface area contributed by atoms with Crippen LogP contribution in [0.4, 0.5) is 10.1 Å². The molecule has 0 unspecified atom stereocenters. The van der Waals surface area contributed by atoms with Gasteiger partial charge in [-0.05, 0) is 18.2 Å². The van der Waals surface area contributed by atoms with Crippen LogP contribution in [0.3, 0.4) is 0 Å². The highest BCUT2D eigenvalue weighted by molar-refractivity contribution is 6.05. The molecule has 96 valence electrons. The molecule has 0 aliphatic carbocycles. The Morgan fingerprint density at radius 2 is 2.06 bits per heavy atom. The van der Waals surface area contributed by atoms with Crippen LogP contribution < -0.4 is 5.32 Å². The zero-order valence-electron chi connectivity index (χ0n) is 9.40. The fraction of sp³-hybridized carbons (Fsp3) is 0.182. The molecule has 0 saturated heterocycles. The number of carbonyl (C=O) groups excluding carboxylic acids is 2. The molecule has 0 heterocycles. The summed E-state index contributed by atoms with van der Waals surface area (Å²) in [6, 6.07) is 3.07. The summed E-state index contributed by atoms with van der Waals surface area (Å²) in [7, 11) is 1.13. The summed E-state index contributed by atoms with van der Waals surface area (Å²) < 4.78 is 17.5. The molecule has 1 amide bonds. The van der Waals surface area contributed by atoms with E-state index in [1.807, 2.05) is 0 Å². The molecule has 7 heteroatoms. The quantitative estimate of drug-likeness (QED) is 0.619. The van der Waals surface area contributed by atoms with E-state index in [1.165, 1.54) is 0 Å². The fourth-order valence-corrected chi connectivity index (χ4v) is 1.24. The van der Waals surface area contributed by atoms with Crippen LogP contribution in [0.15, 0.2) is 18.2 Å². The van der Waals surface area contributed by atoms with Gasteiger partial charge < -0.3 is 15.2 Å². The number of carbonyl (C=O) groups is 3. The fourth-order valence-electron chi connectivity index (χ4n) is 1.24. The van der Waals surface area contributed by atoms with E-state index in [-0.39, 0.29) is 11.3 Å². The Kier molecular flexibility index (Phi) is 4.36. The van der Waals surface area contributed by atoms with Crippen LogP contribution in [-0.4, -0.2) is 30.1 Å². The lowest BCUT2D eigenvalue weighted by molar-refractivity contribution is -0.139. The molecule has 0 bridgehead atoms. The van der Waals surface area contributed by atoms with E-state index in [1.54, 1.807) is 0 Å². The number of ether oxygens (including phenoxy) is 1. The van der Waals surface area contributed by atoms with Crippen molar-refractivity contribution in [3.05, 3.63) is 29.6 Å². The maximum absolute atomic E-state index is 13.0. The van der Waals surface area contributed by atoms with Crippen molar-refractivity contribution in [2.45, 2.75) is 6.42 Å². The van der Waals surface area contributed by atoms with E-state index in [0.29, 0.717) is 0 Å². The van der Waals surface area contributed by atoms with Crippen LogP contribution >= 0.6 is 0 Å². The average molecular weight is 255 g/mol. The van der Waals surface area contributed by atoms with Gasteiger partial charge in [0.15, 0.2) is 0 Å². The number of carboxylic acids is 1. The van der Waals surface area contributed by atoms with E-state index >= 15 is 0 Å². The van der Waals surface area contributed by atoms with E-state index < -0.39 is 30.1 Å². The van der Waals surface area contributed by atoms with Gasteiger partial charge in [0.2, 0.25) is 5.91 Å². The molecule has 0 spiro atoms. The standard InChI is InChI=1S/C11H10FNO5/c1-18-11(17)7-3-2-6(12)4-8(7)13-9(14)5-10(15)16/h2-4H,5H2,1H3,(H,13,14)(H,15,16). The molecule has 0 atom stereocenters. The maximum Gasteiger partial charge on any atom is 0.339 e. The van der Waals surface area contributed by atoms with Gasteiger partial charge in [0, 0.05) is 0 Å². The maximum atomic E-state index is 13.0. The van der Waals surface area contributed by atoms with E-state index in [9.17, 15) is 18.8 Å². The summed E-state index contributed by atoms with van der Waals surface area (Å²) in [5.41, 5.74) is -0.189. The minimum Gasteiger partial charge on any atom is -0.481 e. The lowest BCUT2D eigenvalue weighted by Crippen LogP contribution is -2.18. The van der Waals surface area contributed by atoms with Gasteiger partial charge in [-0.1, -0.05) is 0 Å². The minimum absolute atomic E-state index is 0.0577. The number of amides is 1. The number of methoxy groups -OCH3 is 1. The molecule has 1 rings (SSSR count). The largest absolute Gasteiger partial charge is 0.481 e. The number of anilines is 1. The van der Waals surface area contributed by atoms with Crippen molar-refractivity contribution in [1.82, 2.24) is 0 Å². The second-order valence-electron chi connectivity index (χ2n) is 3.30. The summed E-state index contributed by atoms with van der Waals surface area (Å²) in [5.74, 6) is -3.63. The molecular formula is C11H10FNO5. The highest BCUT2D eigenvalue weighted by Gasteiger charge is 2.16. The number of aliphatic carboxylic acids is 1. The molecule has 2 N–H and O–H groups in total. The highest BCUT2D eigenvalue weighted by atomic mass is 19.1. The third kappa shape index (κ3) is 3.55. The van der Waals surface area contributed by atoms with Crippen LogP contribution in [-0.2, 0) is 14.3 Å². The van der Waals surface area contributed by atoms with Crippen LogP contribution in [0, 0.1) is 5.82 Å². The summed E-state index contributed by atoms with van der Waals surface area (Å²) in [5, 5.41) is 10.6. The molecule has 0 fully saturated rings. The molecule has 0 saturated carbocycles. The summed E-state index contributed by atoms with van der Waals surface area (Å²) >= 11 is 0. The van der Waals surface area contributed by atoms with Crippen LogP contribution in [0.5, 0.6) is 0 Å².